The van der Waals surface area contributed by atoms with Crippen LogP contribution in [0.25, 0.3) is 4.85 Å². The van der Waals surface area contributed by atoms with Gasteiger partial charge in [-0.2, -0.15) is 0 Å². The summed E-state index contributed by atoms with van der Waals surface area (Å²) in [5.41, 5.74) is 1.27. The number of benzene rings is 1. The van der Waals surface area contributed by atoms with Gasteiger partial charge in [0.25, 0.3) is 0 Å². The first-order chi connectivity index (χ1) is 6.15. The second kappa shape index (κ2) is 3.90. The van der Waals surface area contributed by atoms with Crippen LogP contribution in [0.2, 0.25) is 0 Å². The van der Waals surface area contributed by atoms with Crippen molar-refractivity contribution in [3.05, 3.63) is 41.0 Å². The molecule has 0 aliphatic heterocycles. The first-order valence-corrected chi connectivity index (χ1v) is 3.94. The lowest BCUT2D eigenvalue weighted by Crippen LogP contribution is -2.10. The quantitative estimate of drug-likeness (QED) is 0.630. The molecule has 2 nitrogen and oxygen atoms in total. The van der Waals surface area contributed by atoms with Crippen molar-refractivity contribution in [2.45, 2.75) is 6.54 Å². The summed E-state index contributed by atoms with van der Waals surface area (Å²) in [6.07, 6.45) is 0. The topological polar surface area (TPSA) is 7.60 Å². The van der Waals surface area contributed by atoms with Crippen molar-refractivity contribution in [2.75, 3.05) is 19.0 Å². The predicted octanol–water partition coefficient (Wildman–Crippen LogP) is 2.31. The summed E-state index contributed by atoms with van der Waals surface area (Å²) in [5, 5.41) is 0. The van der Waals surface area contributed by atoms with Gasteiger partial charge in [0.05, 0.1) is 5.69 Å². The largest absolute Gasteiger partial charge is 0.375 e. The summed E-state index contributed by atoms with van der Waals surface area (Å²) in [7, 11) is 3.57. The van der Waals surface area contributed by atoms with Crippen molar-refractivity contribution < 1.29 is 4.39 Å². The maximum absolute atomic E-state index is 13.3. The van der Waals surface area contributed by atoms with Gasteiger partial charge < -0.3 is 9.74 Å². The minimum absolute atomic E-state index is 0.241. The van der Waals surface area contributed by atoms with Crippen molar-refractivity contribution in [3.8, 4) is 0 Å². The molecule has 1 aromatic rings. The van der Waals surface area contributed by atoms with E-state index >= 15 is 0 Å². The van der Waals surface area contributed by atoms with Crippen LogP contribution < -0.4 is 4.90 Å². The van der Waals surface area contributed by atoms with Crippen molar-refractivity contribution in [1.29, 1.82) is 0 Å². The first kappa shape index (κ1) is 9.53. The molecule has 0 radical (unpaired) electrons. The Morgan fingerprint density at radius 2 is 2.15 bits per heavy atom. The number of anilines is 1. The van der Waals surface area contributed by atoms with E-state index in [0.717, 1.165) is 5.56 Å². The third-order valence-corrected chi connectivity index (χ3v) is 1.76. The molecule has 13 heavy (non-hydrogen) atoms. The van der Waals surface area contributed by atoms with Gasteiger partial charge in [-0.1, -0.05) is 0 Å². The van der Waals surface area contributed by atoms with Crippen LogP contribution in [0.3, 0.4) is 0 Å². The van der Waals surface area contributed by atoms with E-state index < -0.39 is 0 Å². The molecule has 0 aromatic heterocycles. The number of rotatable bonds is 2. The van der Waals surface area contributed by atoms with E-state index in [9.17, 15) is 4.39 Å². The second-order valence-electron chi connectivity index (χ2n) is 3.00. The molecule has 0 aliphatic carbocycles. The van der Waals surface area contributed by atoms with Crippen LogP contribution in [0.5, 0.6) is 0 Å². The van der Waals surface area contributed by atoms with Gasteiger partial charge in [-0.3, -0.25) is 0 Å². The molecular formula is C10H11FN2. The van der Waals surface area contributed by atoms with Gasteiger partial charge in [0.2, 0.25) is 6.54 Å². The fourth-order valence-electron chi connectivity index (χ4n) is 1.10. The average Bonchev–Trinajstić information content (AvgIpc) is 2.04. The Morgan fingerprint density at radius 1 is 1.46 bits per heavy atom. The molecular weight excluding hydrogens is 167 g/mol. The zero-order valence-electron chi connectivity index (χ0n) is 7.71. The minimum atomic E-state index is -0.272. The molecule has 0 fully saturated rings. The van der Waals surface area contributed by atoms with Gasteiger partial charge >= 0.3 is 0 Å². The van der Waals surface area contributed by atoms with Crippen molar-refractivity contribution in [2.24, 2.45) is 0 Å². The maximum Gasteiger partial charge on any atom is 0.239 e. The van der Waals surface area contributed by atoms with Crippen LogP contribution in [-0.4, -0.2) is 14.1 Å². The Balaban J connectivity index is 3.00. The molecule has 0 bridgehead atoms. The standard InChI is InChI=1S/C10H11FN2/c1-12-7-8-4-5-10(13(2)3)9(11)6-8/h4-6H,7H2,2-3H3. The normalized spacial score (nSPS) is 9.38. The molecule has 0 aliphatic rings. The summed E-state index contributed by atoms with van der Waals surface area (Å²) >= 11 is 0. The summed E-state index contributed by atoms with van der Waals surface area (Å²) in [5.74, 6) is -0.272. The van der Waals surface area contributed by atoms with Crippen molar-refractivity contribution in [3.63, 3.8) is 0 Å². The van der Waals surface area contributed by atoms with Crippen molar-refractivity contribution in [1.82, 2.24) is 0 Å². The lowest BCUT2D eigenvalue weighted by atomic mass is 10.2. The third kappa shape index (κ3) is 2.19. The number of nitrogens with zero attached hydrogens (tertiary/aromatic N) is 2. The SMILES string of the molecule is [C-]#[N+]Cc1ccc(N(C)C)c(F)c1. The Labute approximate surface area is 77.4 Å². The zero-order valence-corrected chi connectivity index (χ0v) is 7.71. The van der Waals surface area contributed by atoms with E-state index in [-0.39, 0.29) is 12.4 Å². The summed E-state index contributed by atoms with van der Waals surface area (Å²) in [6.45, 7) is 6.88. The van der Waals surface area contributed by atoms with Gasteiger partial charge in [-0.25, -0.2) is 11.0 Å². The number of hydrogen-bond acceptors (Lipinski definition) is 1. The lowest BCUT2D eigenvalue weighted by molar-refractivity contribution is 0.624. The molecule has 1 aromatic carbocycles. The Morgan fingerprint density at radius 3 is 2.62 bits per heavy atom. The fourth-order valence-corrected chi connectivity index (χ4v) is 1.10. The highest BCUT2D eigenvalue weighted by molar-refractivity contribution is 5.47. The molecule has 0 saturated carbocycles. The monoisotopic (exact) mass is 178 g/mol. The van der Waals surface area contributed by atoms with E-state index in [1.165, 1.54) is 6.07 Å². The smallest absolute Gasteiger partial charge is 0.239 e. The molecule has 0 unspecified atom stereocenters. The summed E-state index contributed by atoms with van der Waals surface area (Å²) in [4.78, 5) is 4.90. The van der Waals surface area contributed by atoms with Crippen LogP contribution in [0.1, 0.15) is 5.56 Å². The molecule has 0 spiro atoms. The van der Waals surface area contributed by atoms with E-state index in [4.69, 9.17) is 6.57 Å². The zero-order chi connectivity index (χ0) is 9.84. The number of halogens is 1. The highest BCUT2D eigenvalue weighted by atomic mass is 19.1. The number of hydrogen-bond donors (Lipinski definition) is 0. The van der Waals surface area contributed by atoms with Gasteiger partial charge in [0.1, 0.15) is 5.82 Å². The van der Waals surface area contributed by atoms with Crippen LogP contribution in [0.15, 0.2) is 18.2 Å². The minimum Gasteiger partial charge on any atom is -0.375 e. The maximum atomic E-state index is 13.3. The van der Waals surface area contributed by atoms with Crippen molar-refractivity contribution >= 4 is 5.69 Å². The van der Waals surface area contributed by atoms with Gasteiger partial charge in [0, 0.05) is 19.7 Å². The lowest BCUT2D eigenvalue weighted by Gasteiger charge is -2.13. The molecule has 0 atom stereocenters. The molecule has 0 saturated heterocycles. The van der Waals surface area contributed by atoms with E-state index in [0.29, 0.717) is 5.69 Å². The fraction of sp³-hybridized carbons (Fsp3) is 0.300. The first-order valence-electron chi connectivity index (χ1n) is 3.94. The van der Waals surface area contributed by atoms with Gasteiger partial charge in [0.15, 0.2) is 0 Å². The van der Waals surface area contributed by atoms with Crippen LogP contribution in [0.4, 0.5) is 10.1 Å². The highest BCUT2D eigenvalue weighted by Crippen LogP contribution is 2.18. The summed E-state index contributed by atoms with van der Waals surface area (Å²) < 4.78 is 13.3. The Hall–Kier alpha value is -1.56. The van der Waals surface area contributed by atoms with Crippen LogP contribution >= 0.6 is 0 Å². The molecule has 0 heterocycles. The predicted molar refractivity (Wildman–Crippen MR) is 51.0 cm³/mol. The van der Waals surface area contributed by atoms with Crippen LogP contribution in [-0.2, 0) is 6.54 Å². The van der Waals surface area contributed by atoms with Crippen LogP contribution in [0, 0.1) is 12.4 Å². The average molecular weight is 178 g/mol. The highest BCUT2D eigenvalue weighted by Gasteiger charge is 2.05. The molecule has 0 amide bonds. The van der Waals surface area contributed by atoms with Gasteiger partial charge in [-0.05, 0) is 18.2 Å². The Kier molecular flexibility index (Phi) is 2.86. The van der Waals surface area contributed by atoms with Gasteiger partial charge in [-0.15, -0.1) is 0 Å². The van der Waals surface area contributed by atoms with E-state index in [1.807, 2.05) is 0 Å². The summed E-state index contributed by atoms with van der Waals surface area (Å²) in [6, 6.07) is 4.87. The van der Waals surface area contributed by atoms with E-state index in [1.54, 1.807) is 31.1 Å². The molecule has 1 rings (SSSR count). The Bertz CT molecular complexity index is 339. The second-order valence-corrected chi connectivity index (χ2v) is 3.00. The third-order valence-electron chi connectivity index (χ3n) is 1.76. The van der Waals surface area contributed by atoms with E-state index in [2.05, 4.69) is 4.85 Å². The molecule has 0 N–H and O–H groups in total. The molecule has 3 heteroatoms. The molecule has 68 valence electrons.